The standard InChI is InChI=1S/C18H29N6.C4H8O.Li/c1-11(2)19-17(20-12(3)4)18(23-15(7)9-13(5)21-23)24-16(8)10-14(6)22-24;1-2-4-5-3-1;/h9-12,18H,1-8H3;1-4H2;/q-1;;+1/p+2. The van der Waals surface area contributed by atoms with E-state index in [0.717, 1.165) is 41.8 Å². The van der Waals surface area contributed by atoms with Crippen molar-refractivity contribution in [3.63, 3.8) is 0 Å². The second-order valence-electron chi connectivity index (χ2n) is 8.40. The normalized spacial score (nSPS) is 14.2. The van der Waals surface area contributed by atoms with E-state index in [1.807, 2.05) is 0 Å². The number of ether oxygens (including phenoxy) is 1. The Morgan fingerprint density at radius 2 is 1.40 bits per heavy atom. The van der Waals surface area contributed by atoms with Crippen LogP contribution in [0.2, 0.25) is 0 Å². The average molecular weight is 411 g/mol. The molecule has 2 aromatic heterocycles. The van der Waals surface area contributed by atoms with Crippen LogP contribution in [-0.4, -0.2) is 40.5 Å². The van der Waals surface area contributed by atoms with Gasteiger partial charge in [-0.25, -0.2) is 0 Å². The maximum Gasteiger partial charge on any atom is 1.00 e. The minimum atomic E-state index is -0.155. The van der Waals surface area contributed by atoms with E-state index in [9.17, 15) is 0 Å². The van der Waals surface area contributed by atoms with Crippen LogP contribution in [0.5, 0.6) is 0 Å². The molecular weight excluding hydrogens is 371 g/mol. The molecule has 0 atom stereocenters. The first-order chi connectivity index (χ1) is 13.7. The van der Waals surface area contributed by atoms with Gasteiger partial charge >= 0.3 is 18.9 Å². The maximum atomic E-state index is 4.94. The summed E-state index contributed by atoms with van der Waals surface area (Å²) in [6.07, 6.45) is 2.40. The van der Waals surface area contributed by atoms with Gasteiger partial charge in [0.15, 0.2) is 0 Å². The maximum absolute atomic E-state index is 4.94. The molecule has 0 saturated carbocycles. The van der Waals surface area contributed by atoms with Crippen LogP contribution in [0.15, 0.2) is 17.1 Å². The molecule has 0 aromatic carbocycles. The molecule has 1 aliphatic rings. The number of amidine groups is 1. The largest absolute Gasteiger partial charge is 1.00 e. The van der Waals surface area contributed by atoms with Crippen molar-refractivity contribution in [1.29, 1.82) is 0 Å². The van der Waals surface area contributed by atoms with Gasteiger partial charge in [0.25, 0.3) is 0 Å². The molecule has 3 rings (SSSR count). The van der Waals surface area contributed by atoms with Gasteiger partial charge in [0.2, 0.25) is 17.6 Å². The van der Waals surface area contributed by atoms with E-state index in [1.165, 1.54) is 12.8 Å². The van der Waals surface area contributed by atoms with Gasteiger partial charge in [-0.05, 0) is 44.6 Å². The smallest absolute Gasteiger partial charge is 0.463 e. The summed E-state index contributed by atoms with van der Waals surface area (Å²) in [5.74, 6) is 0.824. The molecule has 0 bridgehead atoms. The quantitative estimate of drug-likeness (QED) is 0.404. The van der Waals surface area contributed by atoms with Crippen LogP contribution < -0.4 is 29.1 Å². The van der Waals surface area contributed by atoms with Gasteiger partial charge in [-0.15, -0.1) is 19.6 Å². The number of aliphatic imine (C=N–C) groups is 1. The molecule has 1 fully saturated rings. The zero-order valence-corrected chi connectivity index (χ0v) is 20.4. The number of aromatic amines is 2. The summed E-state index contributed by atoms with van der Waals surface area (Å²) in [7, 11) is 0. The van der Waals surface area contributed by atoms with Crippen LogP contribution in [0.4, 0.5) is 0 Å². The van der Waals surface area contributed by atoms with Crippen LogP contribution in [-0.2, 0) is 4.74 Å². The van der Waals surface area contributed by atoms with E-state index < -0.39 is 0 Å². The average Bonchev–Trinajstić information content (AvgIpc) is 3.32. The number of rotatable bonds is 5. The number of aryl methyl sites for hydroxylation is 4. The SMILES string of the molecule is C1CCOC1.Cc1cc(C)n(C(C(=NC(C)C)[N-]C(C)C)n2[nH+]c(C)cc2C)[nH+]1.[Li+]. The van der Waals surface area contributed by atoms with Gasteiger partial charge in [-0.2, -0.15) is 0 Å². The fraction of sp³-hybridized carbons (Fsp3) is 0.682. The Hall–Kier alpha value is -1.55. The summed E-state index contributed by atoms with van der Waals surface area (Å²) in [4.78, 5) is 4.84. The fourth-order valence-electron chi connectivity index (χ4n) is 3.45. The summed E-state index contributed by atoms with van der Waals surface area (Å²) >= 11 is 0. The van der Waals surface area contributed by atoms with Crippen molar-refractivity contribution >= 4 is 5.84 Å². The Morgan fingerprint density at radius 1 is 0.933 bits per heavy atom. The predicted octanol–water partition coefficient (Wildman–Crippen LogP) is 0.588. The first kappa shape index (κ1) is 26.5. The first-order valence-corrected chi connectivity index (χ1v) is 10.7. The van der Waals surface area contributed by atoms with Crippen molar-refractivity contribution in [1.82, 2.24) is 9.36 Å². The summed E-state index contributed by atoms with van der Waals surface area (Å²) in [6, 6.07) is 4.64. The first-order valence-electron chi connectivity index (χ1n) is 10.7. The van der Waals surface area contributed by atoms with Gasteiger partial charge in [-0.3, -0.25) is 0 Å². The Labute approximate surface area is 193 Å². The molecule has 1 aliphatic heterocycles. The molecule has 0 amide bonds. The fourth-order valence-corrected chi connectivity index (χ4v) is 3.45. The summed E-state index contributed by atoms with van der Waals surface area (Å²) in [5, 5.41) is 11.7. The molecule has 7 nitrogen and oxygen atoms in total. The number of hydrogen-bond donors (Lipinski definition) is 0. The Morgan fingerprint density at radius 3 is 1.67 bits per heavy atom. The molecule has 3 heterocycles. The monoisotopic (exact) mass is 410 g/mol. The number of H-pyrrole nitrogens is 2. The molecule has 2 aromatic rings. The molecule has 0 unspecified atom stereocenters. The number of nitrogens with one attached hydrogen (secondary N) is 2. The minimum Gasteiger partial charge on any atom is -0.463 e. The van der Waals surface area contributed by atoms with Gasteiger partial charge in [-0.1, -0.05) is 27.7 Å². The van der Waals surface area contributed by atoms with Crippen molar-refractivity contribution in [2.75, 3.05) is 13.2 Å². The molecule has 0 aliphatic carbocycles. The number of hydrogen-bond acceptors (Lipinski definition) is 2. The van der Waals surface area contributed by atoms with Gasteiger partial charge in [0.05, 0.1) is 11.4 Å². The van der Waals surface area contributed by atoms with E-state index in [2.05, 4.69) is 87.1 Å². The Balaban J connectivity index is 0.000000655. The van der Waals surface area contributed by atoms with Crippen molar-refractivity contribution < 1.29 is 33.8 Å². The third kappa shape index (κ3) is 7.61. The van der Waals surface area contributed by atoms with Crippen molar-refractivity contribution in [3.05, 3.63) is 40.2 Å². The summed E-state index contributed by atoms with van der Waals surface area (Å²) in [6.45, 7) is 18.7. The van der Waals surface area contributed by atoms with Crippen LogP contribution in [0, 0.1) is 27.7 Å². The molecule has 0 radical (unpaired) electrons. The number of aromatic nitrogens is 4. The van der Waals surface area contributed by atoms with Crippen LogP contribution in [0.1, 0.15) is 69.5 Å². The van der Waals surface area contributed by atoms with Crippen LogP contribution in [0.25, 0.3) is 5.32 Å². The van der Waals surface area contributed by atoms with E-state index in [1.54, 1.807) is 0 Å². The second-order valence-corrected chi connectivity index (χ2v) is 8.40. The molecule has 8 heteroatoms. The Bertz CT molecular complexity index is 751. The summed E-state index contributed by atoms with van der Waals surface area (Å²) in [5.41, 5.74) is 4.53. The molecule has 30 heavy (non-hydrogen) atoms. The van der Waals surface area contributed by atoms with E-state index in [4.69, 9.17) is 15.0 Å². The van der Waals surface area contributed by atoms with Crippen LogP contribution >= 0.6 is 0 Å². The zero-order valence-electron chi connectivity index (χ0n) is 20.4. The van der Waals surface area contributed by atoms with Crippen molar-refractivity contribution in [3.8, 4) is 0 Å². The molecule has 1 saturated heterocycles. The van der Waals surface area contributed by atoms with Gasteiger partial charge in [0, 0.05) is 39.2 Å². The third-order valence-corrected chi connectivity index (χ3v) is 4.53. The van der Waals surface area contributed by atoms with Crippen molar-refractivity contribution in [2.24, 2.45) is 4.99 Å². The minimum absolute atomic E-state index is 0. The van der Waals surface area contributed by atoms with E-state index in [0.29, 0.717) is 0 Å². The molecule has 162 valence electrons. The second kappa shape index (κ2) is 12.3. The third-order valence-electron chi connectivity index (χ3n) is 4.53. The van der Waals surface area contributed by atoms with E-state index in [-0.39, 0.29) is 37.1 Å². The predicted molar refractivity (Wildman–Crippen MR) is 116 cm³/mol. The zero-order chi connectivity index (χ0) is 21.6. The number of nitrogens with zero attached hydrogens (tertiary/aromatic N) is 4. The van der Waals surface area contributed by atoms with Crippen LogP contribution in [0.3, 0.4) is 0 Å². The van der Waals surface area contributed by atoms with E-state index >= 15 is 0 Å². The topological polar surface area (TPSA) is 73.8 Å². The van der Waals surface area contributed by atoms with Gasteiger partial charge < -0.3 is 15.0 Å². The Kier molecular flexibility index (Phi) is 10.9. The molecule has 0 spiro atoms. The van der Waals surface area contributed by atoms with Gasteiger partial charge in [0.1, 0.15) is 0 Å². The molecule has 2 N–H and O–H groups in total. The molecular formula is C22H39LiN6O+2. The van der Waals surface area contributed by atoms with Crippen molar-refractivity contribution in [2.45, 2.75) is 86.5 Å². The summed E-state index contributed by atoms with van der Waals surface area (Å²) < 4.78 is 9.21.